The molecule has 1 atom stereocenters. The van der Waals surface area contributed by atoms with E-state index in [2.05, 4.69) is 21.6 Å². The molecule has 3 heterocycles. The van der Waals surface area contributed by atoms with Crippen LogP contribution in [-0.2, 0) is 9.59 Å². The van der Waals surface area contributed by atoms with Crippen molar-refractivity contribution in [2.24, 2.45) is 11.3 Å². The van der Waals surface area contributed by atoms with Gasteiger partial charge in [-0.05, 0) is 30.9 Å². The van der Waals surface area contributed by atoms with E-state index in [0.29, 0.717) is 13.0 Å². The molecular formula is C20H26N4O2S. The molecule has 2 amide bonds. The quantitative estimate of drug-likeness (QED) is 0.847. The fourth-order valence-corrected chi connectivity index (χ4v) is 5.06. The lowest BCUT2D eigenvalue weighted by molar-refractivity contribution is -0.135. The van der Waals surface area contributed by atoms with Crippen LogP contribution in [0.2, 0.25) is 0 Å². The third-order valence-corrected chi connectivity index (χ3v) is 7.11. The molecule has 0 saturated carbocycles. The molecule has 4 rings (SSSR count). The number of thiazole rings is 1. The summed E-state index contributed by atoms with van der Waals surface area (Å²) in [4.78, 5) is 31.7. The van der Waals surface area contributed by atoms with Gasteiger partial charge in [-0.1, -0.05) is 37.3 Å². The van der Waals surface area contributed by atoms with Crippen molar-refractivity contribution in [2.75, 3.05) is 24.5 Å². The van der Waals surface area contributed by atoms with Crippen molar-refractivity contribution in [2.45, 2.75) is 39.2 Å². The first-order valence-corrected chi connectivity index (χ1v) is 10.5. The summed E-state index contributed by atoms with van der Waals surface area (Å²) in [6.07, 6.45) is 2.09. The topological polar surface area (TPSA) is 74.3 Å². The van der Waals surface area contributed by atoms with Crippen molar-refractivity contribution in [1.29, 1.82) is 0 Å². The Labute approximate surface area is 163 Å². The molecule has 7 heteroatoms. The smallest absolute Gasteiger partial charge is 0.229 e. The number of fused-ring (bicyclic) bond motifs is 1. The molecule has 144 valence electrons. The van der Waals surface area contributed by atoms with Crippen molar-refractivity contribution in [3.8, 4) is 0 Å². The number of piperidine rings is 1. The van der Waals surface area contributed by atoms with Crippen molar-refractivity contribution < 1.29 is 9.59 Å². The average Bonchev–Trinajstić information content (AvgIpc) is 3.26. The van der Waals surface area contributed by atoms with Crippen LogP contribution >= 0.6 is 11.3 Å². The first-order valence-electron chi connectivity index (χ1n) is 9.66. The van der Waals surface area contributed by atoms with Crippen LogP contribution in [0.5, 0.6) is 0 Å². The highest BCUT2D eigenvalue weighted by Gasteiger charge is 2.48. The second-order valence-corrected chi connectivity index (χ2v) is 8.97. The Kier molecular flexibility index (Phi) is 4.80. The molecule has 2 aromatic rings. The number of nitrogens with zero attached hydrogens (tertiary/aromatic N) is 2. The number of anilines is 1. The number of aromatic nitrogens is 1. The van der Waals surface area contributed by atoms with Crippen LogP contribution < -0.4 is 15.5 Å². The zero-order valence-corrected chi connectivity index (χ0v) is 16.6. The van der Waals surface area contributed by atoms with Crippen LogP contribution in [0, 0.1) is 11.3 Å². The molecule has 1 aromatic heterocycles. The zero-order chi connectivity index (χ0) is 19.0. The van der Waals surface area contributed by atoms with Gasteiger partial charge in [0.25, 0.3) is 0 Å². The largest absolute Gasteiger partial charge is 0.355 e. The average molecular weight is 387 g/mol. The van der Waals surface area contributed by atoms with E-state index in [0.717, 1.165) is 36.6 Å². The van der Waals surface area contributed by atoms with E-state index in [4.69, 9.17) is 4.98 Å². The Morgan fingerprint density at radius 1 is 1.33 bits per heavy atom. The van der Waals surface area contributed by atoms with E-state index < -0.39 is 5.41 Å². The molecular weight excluding hydrogens is 360 g/mol. The van der Waals surface area contributed by atoms with Gasteiger partial charge in [-0.3, -0.25) is 9.59 Å². The van der Waals surface area contributed by atoms with Crippen LogP contribution in [0.3, 0.4) is 0 Å². The van der Waals surface area contributed by atoms with Crippen molar-refractivity contribution in [3.63, 3.8) is 0 Å². The van der Waals surface area contributed by atoms with Gasteiger partial charge in [0.05, 0.1) is 15.6 Å². The Bertz CT molecular complexity index is 824. The lowest BCUT2D eigenvalue weighted by atomic mass is 9.75. The molecule has 27 heavy (non-hydrogen) atoms. The highest BCUT2D eigenvalue weighted by molar-refractivity contribution is 7.22. The second-order valence-electron chi connectivity index (χ2n) is 7.96. The molecule has 0 bridgehead atoms. The molecule has 6 nitrogen and oxygen atoms in total. The van der Waals surface area contributed by atoms with Crippen molar-refractivity contribution in [3.05, 3.63) is 24.3 Å². The summed E-state index contributed by atoms with van der Waals surface area (Å²) in [5, 5.41) is 7.12. The molecule has 0 spiro atoms. The Morgan fingerprint density at radius 3 is 2.70 bits per heavy atom. The molecule has 1 aromatic carbocycles. The highest BCUT2D eigenvalue weighted by atomic mass is 32.1. The summed E-state index contributed by atoms with van der Waals surface area (Å²) in [6, 6.07) is 8.37. The molecule has 0 unspecified atom stereocenters. The Hall–Kier alpha value is -2.15. The zero-order valence-electron chi connectivity index (χ0n) is 15.8. The van der Waals surface area contributed by atoms with E-state index >= 15 is 0 Å². The number of hydrogen-bond donors (Lipinski definition) is 2. The maximum absolute atomic E-state index is 13.0. The van der Waals surface area contributed by atoms with Crippen LogP contribution in [0.1, 0.15) is 33.1 Å². The first-order chi connectivity index (χ1) is 13.0. The minimum atomic E-state index is -0.610. The molecule has 0 aliphatic carbocycles. The molecule has 2 saturated heterocycles. The third kappa shape index (κ3) is 3.40. The summed E-state index contributed by atoms with van der Waals surface area (Å²) in [7, 11) is 0. The van der Waals surface area contributed by atoms with Gasteiger partial charge < -0.3 is 15.5 Å². The Balaban J connectivity index is 1.37. The Morgan fingerprint density at radius 2 is 2.07 bits per heavy atom. The number of carbonyl (C=O) groups excluding carboxylic acids is 2. The fraction of sp³-hybridized carbons (Fsp3) is 0.550. The van der Waals surface area contributed by atoms with Gasteiger partial charge in [-0.25, -0.2) is 4.98 Å². The summed E-state index contributed by atoms with van der Waals surface area (Å²) in [6.45, 7) is 6.26. The van der Waals surface area contributed by atoms with Crippen molar-refractivity contribution >= 4 is 38.5 Å². The SMILES string of the molecule is CC(C)[C@@]1(C(=O)NC2CCN(c3nc4ccccc4s3)CC2)CNC(=O)C1. The maximum atomic E-state index is 13.0. The number of para-hydroxylation sites is 1. The number of amides is 2. The van der Waals surface area contributed by atoms with Gasteiger partial charge in [0.1, 0.15) is 0 Å². The van der Waals surface area contributed by atoms with Gasteiger partial charge in [0.15, 0.2) is 5.13 Å². The van der Waals surface area contributed by atoms with Crippen LogP contribution in [0.25, 0.3) is 10.2 Å². The number of hydrogen-bond acceptors (Lipinski definition) is 5. The molecule has 2 fully saturated rings. The summed E-state index contributed by atoms with van der Waals surface area (Å²) in [5.41, 5.74) is 0.437. The van der Waals surface area contributed by atoms with E-state index in [9.17, 15) is 9.59 Å². The molecule has 2 aliphatic rings. The van der Waals surface area contributed by atoms with Gasteiger partial charge in [0.2, 0.25) is 11.8 Å². The standard InChI is InChI=1S/C20H26N4O2S/c1-13(2)20(11-17(25)21-12-20)18(26)22-14-7-9-24(10-8-14)19-23-15-5-3-4-6-16(15)27-19/h3-6,13-14H,7-12H2,1-2H3,(H,21,25)(H,22,26)/t20-/m0/s1. The van der Waals surface area contributed by atoms with Gasteiger partial charge >= 0.3 is 0 Å². The lowest BCUT2D eigenvalue weighted by Gasteiger charge is -2.36. The molecule has 2 aliphatic heterocycles. The lowest BCUT2D eigenvalue weighted by Crippen LogP contribution is -2.52. The van der Waals surface area contributed by atoms with Gasteiger partial charge in [0, 0.05) is 32.1 Å². The first kappa shape index (κ1) is 18.2. The van der Waals surface area contributed by atoms with Gasteiger partial charge in [-0.2, -0.15) is 0 Å². The summed E-state index contributed by atoms with van der Waals surface area (Å²) >= 11 is 1.72. The molecule has 2 N–H and O–H groups in total. The number of rotatable bonds is 4. The molecule has 0 radical (unpaired) electrons. The number of benzene rings is 1. The van der Waals surface area contributed by atoms with E-state index in [1.807, 2.05) is 32.0 Å². The number of nitrogens with one attached hydrogen (secondary N) is 2. The predicted octanol–water partition coefficient (Wildman–Crippen LogP) is 2.54. The summed E-state index contributed by atoms with van der Waals surface area (Å²) in [5.74, 6) is 0.123. The van der Waals surface area contributed by atoms with E-state index in [1.54, 1.807) is 11.3 Å². The number of carbonyl (C=O) groups is 2. The maximum Gasteiger partial charge on any atom is 0.229 e. The predicted molar refractivity (Wildman–Crippen MR) is 108 cm³/mol. The normalized spacial score (nSPS) is 23.8. The minimum Gasteiger partial charge on any atom is -0.355 e. The third-order valence-electron chi connectivity index (χ3n) is 6.02. The van der Waals surface area contributed by atoms with Crippen LogP contribution in [0.4, 0.5) is 5.13 Å². The van der Waals surface area contributed by atoms with E-state index in [1.165, 1.54) is 4.70 Å². The fourth-order valence-electron chi connectivity index (χ4n) is 4.04. The minimum absolute atomic E-state index is 0.0225. The summed E-state index contributed by atoms with van der Waals surface area (Å²) < 4.78 is 1.21. The van der Waals surface area contributed by atoms with Crippen molar-refractivity contribution in [1.82, 2.24) is 15.6 Å². The monoisotopic (exact) mass is 386 g/mol. The van der Waals surface area contributed by atoms with E-state index in [-0.39, 0.29) is 23.8 Å². The van der Waals surface area contributed by atoms with Crippen LogP contribution in [0.15, 0.2) is 24.3 Å². The van der Waals surface area contributed by atoms with Crippen LogP contribution in [-0.4, -0.2) is 42.5 Å². The second kappa shape index (κ2) is 7.11. The highest BCUT2D eigenvalue weighted by Crippen LogP contribution is 2.36. The van der Waals surface area contributed by atoms with Gasteiger partial charge in [-0.15, -0.1) is 0 Å².